The number of sulfone groups is 1. The third kappa shape index (κ3) is 3.36. The molecule has 0 aliphatic carbocycles. The molecule has 19 heavy (non-hydrogen) atoms. The van der Waals surface area contributed by atoms with Gasteiger partial charge in [0.05, 0.1) is 0 Å². The van der Waals surface area contributed by atoms with E-state index in [0.717, 1.165) is 0 Å². The Morgan fingerprint density at radius 1 is 0.684 bits per heavy atom. The Morgan fingerprint density at radius 3 is 1.68 bits per heavy atom. The van der Waals surface area contributed by atoms with Gasteiger partial charge in [-0.15, -0.1) is 0 Å². The zero-order chi connectivity index (χ0) is 14.1. The van der Waals surface area contributed by atoms with Crippen molar-refractivity contribution >= 4 is 58.2 Å². The molecule has 0 saturated carbocycles. The van der Waals surface area contributed by atoms with Crippen molar-refractivity contribution in [3.05, 3.63) is 54.6 Å². The molecule has 2 rings (SSSR count). The first kappa shape index (κ1) is 15.4. The van der Waals surface area contributed by atoms with Crippen LogP contribution in [-0.2, 0) is 11.5 Å². The summed E-state index contributed by atoms with van der Waals surface area (Å²) in [6.07, 6.45) is 0. The van der Waals surface area contributed by atoms with Crippen LogP contribution in [0.25, 0.3) is 0 Å². The first-order chi connectivity index (χ1) is 8.83. The Hall–Kier alpha value is -0.0236. The number of benzene rings is 2. The van der Waals surface area contributed by atoms with Crippen LogP contribution in [-0.4, -0.2) is 63.6 Å². The second-order valence-corrected chi connectivity index (χ2v) is 13.0. The summed E-state index contributed by atoms with van der Waals surface area (Å²) in [5.41, 5.74) is 0. The van der Waals surface area contributed by atoms with E-state index < -0.39 is 58.2 Å². The molecule has 0 aliphatic rings. The van der Waals surface area contributed by atoms with E-state index in [2.05, 4.69) is 0 Å². The van der Waals surface area contributed by atoms with Crippen molar-refractivity contribution in [1.82, 2.24) is 0 Å². The molecule has 2 aromatic carbocycles. The van der Waals surface area contributed by atoms with Gasteiger partial charge in [0, 0.05) is 0 Å². The van der Waals surface area contributed by atoms with Crippen LogP contribution in [0, 0.1) is 0 Å². The van der Waals surface area contributed by atoms with Gasteiger partial charge in [-0.2, -0.15) is 0 Å². The molecule has 0 N–H and O–H groups in total. The van der Waals surface area contributed by atoms with E-state index in [1.807, 2.05) is 0 Å². The van der Waals surface area contributed by atoms with Crippen molar-refractivity contribution in [1.29, 1.82) is 0 Å². The molecule has 0 bridgehead atoms. The van der Waals surface area contributed by atoms with Crippen molar-refractivity contribution in [2.24, 2.45) is 0 Å². The molecule has 2 aromatic rings. The second kappa shape index (κ2) is 5.77. The number of rotatable bonds is 3. The predicted molar refractivity (Wildman–Crippen MR) is 71.3 cm³/mol. The van der Waals surface area contributed by atoms with Gasteiger partial charge in [-0.05, 0) is 0 Å². The second-order valence-electron chi connectivity index (χ2n) is 4.04. The van der Waals surface area contributed by atoms with E-state index in [-0.39, 0.29) is 14.7 Å². The van der Waals surface area contributed by atoms with Crippen LogP contribution in [0.4, 0.5) is 0 Å². The van der Waals surface area contributed by atoms with E-state index in [1.54, 1.807) is 18.2 Å². The minimum atomic E-state index is -3.80. The molecule has 94 valence electrons. The van der Waals surface area contributed by atoms with Crippen LogP contribution in [0.5, 0.6) is 0 Å². The van der Waals surface area contributed by atoms with E-state index in [1.165, 1.54) is 36.4 Å². The summed E-state index contributed by atoms with van der Waals surface area (Å²) in [5.74, 6) is 0. The molecule has 0 aliphatic heterocycles. The van der Waals surface area contributed by atoms with Crippen LogP contribution in [0.15, 0.2) is 69.3 Å². The van der Waals surface area contributed by atoms with E-state index in [9.17, 15) is 16.8 Å². The summed E-state index contributed by atoms with van der Waals surface area (Å²) in [6, 6.07) is 13.6. The fourth-order valence-corrected chi connectivity index (χ4v) is 6.97. The van der Waals surface area contributed by atoms with Gasteiger partial charge >= 0.3 is 144 Å². The van der Waals surface area contributed by atoms with Crippen molar-refractivity contribution in [3.63, 3.8) is 0 Å². The Bertz CT molecular complexity index is 797. The summed E-state index contributed by atoms with van der Waals surface area (Å²) in [5, 5.41) is 0. The third-order valence-electron chi connectivity index (χ3n) is 2.59. The van der Waals surface area contributed by atoms with Gasteiger partial charge in [0.2, 0.25) is 0 Å². The van der Waals surface area contributed by atoms with Crippen molar-refractivity contribution < 1.29 is 16.8 Å². The fraction of sp³-hybridized carbons (Fsp3) is 0. The summed E-state index contributed by atoms with van der Waals surface area (Å²) < 4.78 is 45.0. The molecule has 0 atom stereocenters. The Morgan fingerprint density at radius 2 is 1.16 bits per heavy atom. The molecule has 0 unspecified atom stereocenters. The molecule has 0 fully saturated rings. The first-order valence-electron chi connectivity index (χ1n) is 5.43. The van der Waals surface area contributed by atoms with Crippen LogP contribution in [0.1, 0.15) is 0 Å². The molecular weight excluding hydrogens is 311 g/mol. The Labute approximate surface area is 142 Å². The van der Waals surface area contributed by atoms with Gasteiger partial charge in [0.15, 0.2) is 0 Å². The van der Waals surface area contributed by atoms with Crippen LogP contribution < -0.4 is 0 Å². The van der Waals surface area contributed by atoms with Gasteiger partial charge in [0.25, 0.3) is 0 Å². The van der Waals surface area contributed by atoms with E-state index >= 15 is 0 Å². The summed E-state index contributed by atoms with van der Waals surface area (Å²) >= 11 is -0.525. The molecule has 0 heterocycles. The van der Waals surface area contributed by atoms with Gasteiger partial charge < -0.3 is 0 Å². The van der Waals surface area contributed by atoms with Crippen LogP contribution in [0.2, 0.25) is 0 Å². The molecule has 0 aromatic heterocycles. The van der Waals surface area contributed by atoms with Crippen molar-refractivity contribution in [3.8, 4) is 0 Å². The van der Waals surface area contributed by atoms with Gasteiger partial charge in [-0.25, -0.2) is 0 Å². The SMILES string of the molecule is O=[S](=O)([K])c1ccccc1S(=O)(=O)c1ccccc1. The first-order valence-corrected chi connectivity index (χ1v) is 12.6. The summed E-state index contributed by atoms with van der Waals surface area (Å²) in [4.78, 5) is -0.147. The van der Waals surface area contributed by atoms with Crippen LogP contribution >= 0.6 is 0 Å². The van der Waals surface area contributed by atoms with Crippen molar-refractivity contribution in [2.75, 3.05) is 0 Å². The Balaban J connectivity index is 2.74. The predicted octanol–water partition coefficient (Wildman–Crippen LogP) is 1.38. The van der Waals surface area contributed by atoms with E-state index in [4.69, 9.17) is 0 Å². The van der Waals surface area contributed by atoms with Gasteiger partial charge in [-0.1, -0.05) is 0 Å². The molecule has 0 spiro atoms. The zero-order valence-electron chi connectivity index (χ0n) is 10.1. The molecule has 7 heteroatoms. The Kier molecular flexibility index (Phi) is 4.66. The van der Waals surface area contributed by atoms with Crippen molar-refractivity contribution in [2.45, 2.75) is 14.7 Å². The summed E-state index contributed by atoms with van der Waals surface area (Å²) in [6.45, 7) is 0. The number of hydrogen-bond donors (Lipinski definition) is 0. The summed E-state index contributed by atoms with van der Waals surface area (Å²) in [7, 11) is -3.80. The zero-order valence-corrected chi connectivity index (χ0v) is 14.9. The topological polar surface area (TPSA) is 68.3 Å². The van der Waals surface area contributed by atoms with Crippen LogP contribution in [0.3, 0.4) is 0 Å². The molecular formula is C12H9KO4S2. The average molecular weight is 320 g/mol. The maximum absolute atomic E-state index is 12.5. The van der Waals surface area contributed by atoms with E-state index in [0.29, 0.717) is 0 Å². The maximum atomic E-state index is 12.5. The monoisotopic (exact) mass is 320 g/mol. The normalized spacial score (nSPS) is 12.3. The van der Waals surface area contributed by atoms with Gasteiger partial charge in [-0.3, -0.25) is 0 Å². The minimum absolute atomic E-state index is 0.0959. The number of hydrogen-bond acceptors (Lipinski definition) is 4. The molecule has 0 radical (unpaired) electrons. The molecule has 4 nitrogen and oxygen atoms in total. The molecule has 0 saturated heterocycles. The third-order valence-corrected chi connectivity index (χ3v) is 7.76. The average Bonchev–Trinajstić information content (AvgIpc) is 2.39. The molecule has 0 amide bonds. The fourth-order valence-electron chi connectivity index (χ4n) is 1.71. The standard InChI is InChI=1S/C12H9O4S2.K/c13-17(14)11-8-4-5-9-12(11)18(15,16)10-6-2-1-3-7-10;/h1-9H;. The quantitative estimate of drug-likeness (QED) is 0.801. The van der Waals surface area contributed by atoms with Gasteiger partial charge in [0.1, 0.15) is 0 Å².